The van der Waals surface area contributed by atoms with E-state index in [0.717, 1.165) is 11.3 Å². The molecule has 0 aliphatic rings. The third-order valence-electron chi connectivity index (χ3n) is 2.57. The van der Waals surface area contributed by atoms with E-state index in [-0.39, 0.29) is 0 Å². The zero-order chi connectivity index (χ0) is 12.3. The molecule has 0 fully saturated rings. The maximum atomic E-state index is 5.62. The molecular formula is C11H20N4O. The fourth-order valence-corrected chi connectivity index (χ4v) is 1.46. The lowest BCUT2D eigenvalue weighted by Crippen LogP contribution is -2.26. The fourth-order valence-electron chi connectivity index (χ4n) is 1.46. The number of rotatable bonds is 4. The number of nitrogens with zero attached hydrogens (tertiary/aromatic N) is 2. The minimum atomic E-state index is -0.501. The van der Waals surface area contributed by atoms with Crippen LogP contribution in [0, 0.1) is 13.8 Å². The van der Waals surface area contributed by atoms with Crippen molar-refractivity contribution in [3.63, 3.8) is 0 Å². The molecule has 5 nitrogen and oxygen atoms in total. The number of hydrazine groups is 1. The summed E-state index contributed by atoms with van der Waals surface area (Å²) in [5.41, 5.74) is 3.95. The third kappa shape index (κ3) is 2.48. The van der Waals surface area contributed by atoms with Crippen LogP contribution < -0.4 is 11.3 Å². The first-order chi connectivity index (χ1) is 7.42. The lowest BCUT2D eigenvalue weighted by Gasteiger charge is -2.24. The van der Waals surface area contributed by atoms with Gasteiger partial charge in [-0.3, -0.25) is 0 Å². The molecule has 1 aromatic heterocycles. The number of aromatic nitrogens is 2. The molecular weight excluding hydrogens is 204 g/mol. The molecule has 0 bridgehead atoms. The SMILES string of the molecule is CCOC(C)(C)c1nc(C)c(C)c(NN)n1. The number of aryl methyl sites for hydroxylation is 1. The van der Waals surface area contributed by atoms with E-state index < -0.39 is 5.60 Å². The van der Waals surface area contributed by atoms with Crippen molar-refractivity contribution in [3.8, 4) is 0 Å². The molecule has 1 heterocycles. The standard InChI is InChI=1S/C11H20N4O/c1-6-16-11(4,5)10-13-8(3)7(2)9(14-10)15-12/h6,12H2,1-5H3,(H,13,14,15). The summed E-state index contributed by atoms with van der Waals surface area (Å²) in [4.78, 5) is 8.81. The van der Waals surface area contributed by atoms with Crippen LogP contribution in [-0.2, 0) is 10.3 Å². The smallest absolute Gasteiger partial charge is 0.162 e. The van der Waals surface area contributed by atoms with E-state index in [1.165, 1.54) is 0 Å². The second-order valence-corrected chi connectivity index (χ2v) is 4.19. The van der Waals surface area contributed by atoms with Crippen molar-refractivity contribution in [2.75, 3.05) is 12.0 Å². The Hall–Kier alpha value is -1.20. The Morgan fingerprint density at radius 3 is 2.44 bits per heavy atom. The Bertz CT molecular complexity index is 376. The minimum Gasteiger partial charge on any atom is -0.368 e. The molecule has 90 valence electrons. The Balaban J connectivity index is 3.20. The summed E-state index contributed by atoms with van der Waals surface area (Å²) in [5, 5.41) is 0. The van der Waals surface area contributed by atoms with E-state index in [9.17, 15) is 0 Å². The van der Waals surface area contributed by atoms with Crippen molar-refractivity contribution >= 4 is 5.82 Å². The van der Waals surface area contributed by atoms with Gasteiger partial charge in [-0.15, -0.1) is 0 Å². The van der Waals surface area contributed by atoms with E-state index >= 15 is 0 Å². The lowest BCUT2D eigenvalue weighted by molar-refractivity contribution is -0.0208. The molecule has 16 heavy (non-hydrogen) atoms. The molecule has 0 aromatic carbocycles. The van der Waals surface area contributed by atoms with Gasteiger partial charge in [0.25, 0.3) is 0 Å². The van der Waals surface area contributed by atoms with E-state index in [1.807, 2.05) is 34.6 Å². The summed E-state index contributed by atoms with van der Waals surface area (Å²) >= 11 is 0. The van der Waals surface area contributed by atoms with Crippen molar-refractivity contribution in [1.29, 1.82) is 0 Å². The number of nitrogens with two attached hydrogens (primary N) is 1. The van der Waals surface area contributed by atoms with Crippen LogP contribution in [0.15, 0.2) is 0 Å². The molecule has 0 unspecified atom stereocenters. The number of hydrogen-bond donors (Lipinski definition) is 2. The summed E-state index contributed by atoms with van der Waals surface area (Å²) < 4.78 is 5.62. The maximum Gasteiger partial charge on any atom is 0.162 e. The van der Waals surface area contributed by atoms with Gasteiger partial charge >= 0.3 is 0 Å². The predicted octanol–water partition coefficient (Wildman–Crippen LogP) is 1.65. The molecule has 0 amide bonds. The number of anilines is 1. The highest BCUT2D eigenvalue weighted by molar-refractivity contribution is 5.44. The molecule has 0 saturated carbocycles. The summed E-state index contributed by atoms with van der Waals surface area (Å²) in [6.07, 6.45) is 0. The summed E-state index contributed by atoms with van der Waals surface area (Å²) in [6, 6.07) is 0. The van der Waals surface area contributed by atoms with Crippen molar-refractivity contribution in [2.24, 2.45) is 5.84 Å². The summed E-state index contributed by atoms with van der Waals surface area (Å²) in [5.74, 6) is 6.72. The summed E-state index contributed by atoms with van der Waals surface area (Å²) in [7, 11) is 0. The van der Waals surface area contributed by atoms with Crippen LogP contribution in [0.4, 0.5) is 5.82 Å². The summed E-state index contributed by atoms with van der Waals surface area (Å²) in [6.45, 7) is 10.3. The molecule has 1 aromatic rings. The molecule has 5 heteroatoms. The van der Waals surface area contributed by atoms with Crippen molar-refractivity contribution in [3.05, 3.63) is 17.1 Å². The first kappa shape index (κ1) is 12.9. The Morgan fingerprint density at radius 1 is 1.31 bits per heavy atom. The van der Waals surface area contributed by atoms with Gasteiger partial charge in [0.1, 0.15) is 11.4 Å². The normalized spacial score (nSPS) is 11.6. The van der Waals surface area contributed by atoms with E-state index in [1.54, 1.807) is 0 Å². The third-order valence-corrected chi connectivity index (χ3v) is 2.57. The maximum absolute atomic E-state index is 5.62. The van der Waals surface area contributed by atoms with Gasteiger partial charge in [-0.05, 0) is 34.6 Å². The van der Waals surface area contributed by atoms with Gasteiger partial charge in [0, 0.05) is 17.9 Å². The lowest BCUT2D eigenvalue weighted by atomic mass is 10.1. The highest BCUT2D eigenvalue weighted by Crippen LogP contribution is 2.24. The topological polar surface area (TPSA) is 73.1 Å². The quantitative estimate of drug-likeness (QED) is 0.601. The molecule has 3 N–H and O–H groups in total. The molecule has 0 aliphatic heterocycles. The molecule has 0 saturated heterocycles. The van der Waals surface area contributed by atoms with Crippen LogP contribution >= 0.6 is 0 Å². The van der Waals surface area contributed by atoms with Crippen LogP contribution in [0.5, 0.6) is 0 Å². The first-order valence-corrected chi connectivity index (χ1v) is 5.38. The zero-order valence-corrected chi connectivity index (χ0v) is 10.6. The highest BCUT2D eigenvalue weighted by Gasteiger charge is 2.25. The number of ether oxygens (including phenoxy) is 1. The molecule has 0 atom stereocenters. The van der Waals surface area contributed by atoms with Gasteiger partial charge in [0.2, 0.25) is 0 Å². The van der Waals surface area contributed by atoms with Gasteiger partial charge in [-0.25, -0.2) is 15.8 Å². The Kier molecular flexibility index (Phi) is 3.83. The van der Waals surface area contributed by atoms with Gasteiger partial charge in [0.05, 0.1) is 0 Å². The van der Waals surface area contributed by atoms with Gasteiger partial charge in [-0.1, -0.05) is 0 Å². The van der Waals surface area contributed by atoms with E-state index in [0.29, 0.717) is 18.2 Å². The average Bonchev–Trinajstić information content (AvgIpc) is 2.21. The van der Waals surface area contributed by atoms with Gasteiger partial charge < -0.3 is 10.2 Å². The van der Waals surface area contributed by atoms with Crippen LogP contribution in [0.3, 0.4) is 0 Å². The van der Waals surface area contributed by atoms with Crippen molar-refractivity contribution in [2.45, 2.75) is 40.2 Å². The second kappa shape index (κ2) is 4.76. The number of hydrogen-bond acceptors (Lipinski definition) is 5. The first-order valence-electron chi connectivity index (χ1n) is 5.38. The molecule has 1 rings (SSSR count). The zero-order valence-electron chi connectivity index (χ0n) is 10.6. The van der Waals surface area contributed by atoms with E-state index in [2.05, 4.69) is 15.4 Å². The largest absolute Gasteiger partial charge is 0.368 e. The number of nitrogens with one attached hydrogen (secondary N) is 1. The van der Waals surface area contributed by atoms with Crippen LogP contribution in [0.2, 0.25) is 0 Å². The minimum absolute atomic E-state index is 0.501. The molecule has 0 aliphatic carbocycles. The second-order valence-electron chi connectivity index (χ2n) is 4.19. The van der Waals surface area contributed by atoms with Crippen LogP contribution in [0.1, 0.15) is 37.9 Å². The molecule has 0 spiro atoms. The van der Waals surface area contributed by atoms with Crippen LogP contribution in [-0.4, -0.2) is 16.6 Å². The van der Waals surface area contributed by atoms with E-state index in [4.69, 9.17) is 10.6 Å². The Labute approximate surface area is 96.4 Å². The molecule has 0 radical (unpaired) electrons. The van der Waals surface area contributed by atoms with Gasteiger partial charge in [0.15, 0.2) is 5.82 Å². The van der Waals surface area contributed by atoms with Crippen molar-refractivity contribution < 1.29 is 4.74 Å². The fraction of sp³-hybridized carbons (Fsp3) is 0.636. The van der Waals surface area contributed by atoms with Crippen LogP contribution in [0.25, 0.3) is 0 Å². The average molecular weight is 224 g/mol. The predicted molar refractivity (Wildman–Crippen MR) is 64.0 cm³/mol. The highest BCUT2D eigenvalue weighted by atomic mass is 16.5. The van der Waals surface area contributed by atoms with Gasteiger partial charge in [-0.2, -0.15) is 0 Å². The van der Waals surface area contributed by atoms with Crippen molar-refractivity contribution in [1.82, 2.24) is 9.97 Å². The monoisotopic (exact) mass is 224 g/mol. The Morgan fingerprint density at radius 2 is 1.94 bits per heavy atom. The number of nitrogen functional groups attached to an aromatic ring is 1.